The van der Waals surface area contributed by atoms with E-state index in [1.807, 2.05) is 37.4 Å². The highest BCUT2D eigenvalue weighted by Crippen LogP contribution is 2.39. The first-order valence-electron chi connectivity index (χ1n) is 14.7. The number of aryl methyl sites for hydroxylation is 1. The molecule has 2 N–H and O–H groups in total. The molecule has 1 unspecified atom stereocenters. The van der Waals surface area contributed by atoms with Crippen molar-refractivity contribution in [3.05, 3.63) is 106 Å². The van der Waals surface area contributed by atoms with Gasteiger partial charge >= 0.3 is 6.18 Å². The van der Waals surface area contributed by atoms with E-state index in [2.05, 4.69) is 64.7 Å². The monoisotopic (exact) mass is 621 g/mol. The van der Waals surface area contributed by atoms with Crippen LogP contribution in [0.5, 0.6) is 5.75 Å². The van der Waals surface area contributed by atoms with Gasteiger partial charge in [0.05, 0.1) is 22.5 Å². The number of anilines is 2. The summed E-state index contributed by atoms with van der Waals surface area (Å²) >= 11 is 1.81. The van der Waals surface area contributed by atoms with E-state index in [0.717, 1.165) is 74.1 Å². The Labute approximate surface area is 261 Å². The molecule has 1 fully saturated rings. The van der Waals surface area contributed by atoms with Gasteiger partial charge in [-0.05, 0) is 75.6 Å². The fraction of sp³-hybridized carbons (Fsp3) is 0.324. The van der Waals surface area contributed by atoms with Gasteiger partial charge in [-0.1, -0.05) is 42.5 Å². The van der Waals surface area contributed by atoms with Gasteiger partial charge in [-0.15, -0.1) is 11.3 Å². The minimum atomic E-state index is -4.33. The SMILES string of the molecule is CNCCC(Oc1ccc(C(F)(F)F)cc1)c1ccccc1.Cc1cc2c(s1)Nc1ccccc1N=C2N1CCN(C)CC1. The van der Waals surface area contributed by atoms with Crippen molar-refractivity contribution in [2.45, 2.75) is 25.6 Å². The van der Waals surface area contributed by atoms with Crippen LogP contribution in [0.4, 0.5) is 29.5 Å². The largest absolute Gasteiger partial charge is 0.486 e. The Morgan fingerprint density at radius 2 is 1.64 bits per heavy atom. The second-order valence-corrected chi connectivity index (χ2v) is 12.2. The van der Waals surface area contributed by atoms with Gasteiger partial charge in [-0.3, -0.25) is 0 Å². The highest BCUT2D eigenvalue weighted by molar-refractivity contribution is 7.16. The molecule has 6 nitrogen and oxygen atoms in total. The summed E-state index contributed by atoms with van der Waals surface area (Å²) in [7, 11) is 4.03. The number of piperazine rings is 1. The first-order chi connectivity index (χ1) is 21.2. The molecule has 3 heterocycles. The van der Waals surface area contributed by atoms with E-state index >= 15 is 0 Å². The molecule has 0 spiro atoms. The van der Waals surface area contributed by atoms with Crippen LogP contribution in [0.1, 0.15) is 34.1 Å². The van der Waals surface area contributed by atoms with Crippen molar-refractivity contribution in [1.82, 2.24) is 15.1 Å². The van der Waals surface area contributed by atoms with Gasteiger partial charge in [0, 0.05) is 37.5 Å². The maximum Gasteiger partial charge on any atom is 0.416 e. The molecule has 1 saturated heterocycles. The number of para-hydroxylation sites is 2. The predicted molar refractivity (Wildman–Crippen MR) is 174 cm³/mol. The number of amidine groups is 1. The highest BCUT2D eigenvalue weighted by atomic mass is 32.1. The van der Waals surface area contributed by atoms with Crippen LogP contribution in [0.25, 0.3) is 0 Å². The predicted octanol–water partition coefficient (Wildman–Crippen LogP) is 7.87. The third-order valence-electron chi connectivity index (χ3n) is 7.57. The summed E-state index contributed by atoms with van der Waals surface area (Å²) in [5.41, 5.74) is 3.68. The van der Waals surface area contributed by atoms with Gasteiger partial charge in [0.2, 0.25) is 0 Å². The van der Waals surface area contributed by atoms with Crippen LogP contribution in [0.2, 0.25) is 0 Å². The molecule has 0 saturated carbocycles. The summed E-state index contributed by atoms with van der Waals surface area (Å²) in [6.07, 6.45) is -3.81. The summed E-state index contributed by atoms with van der Waals surface area (Å²) < 4.78 is 43.6. The first-order valence-corrected chi connectivity index (χ1v) is 15.6. The third-order valence-corrected chi connectivity index (χ3v) is 8.53. The number of aliphatic imine (C=N–C) groups is 1. The third kappa shape index (κ3) is 7.99. The summed E-state index contributed by atoms with van der Waals surface area (Å²) in [4.78, 5) is 11.1. The smallest absolute Gasteiger partial charge is 0.416 e. The average molecular weight is 622 g/mol. The zero-order chi connectivity index (χ0) is 31.1. The highest BCUT2D eigenvalue weighted by Gasteiger charge is 2.30. The minimum Gasteiger partial charge on any atom is -0.486 e. The number of rotatable bonds is 6. The number of fused-ring (bicyclic) bond motifs is 2. The summed E-state index contributed by atoms with van der Waals surface area (Å²) in [5, 5.41) is 7.83. The van der Waals surface area contributed by atoms with Crippen LogP contribution >= 0.6 is 11.3 Å². The molecule has 2 aliphatic heterocycles. The van der Waals surface area contributed by atoms with E-state index in [1.165, 1.54) is 27.6 Å². The van der Waals surface area contributed by atoms with Crippen molar-refractivity contribution in [2.75, 3.05) is 52.1 Å². The van der Waals surface area contributed by atoms with Gasteiger partial charge in [0.1, 0.15) is 22.7 Å². The Hall–Kier alpha value is -3.86. The van der Waals surface area contributed by atoms with Gasteiger partial charge in [-0.2, -0.15) is 13.2 Å². The molecule has 2 aliphatic rings. The molecule has 0 radical (unpaired) electrons. The van der Waals surface area contributed by atoms with Crippen LogP contribution in [0, 0.1) is 6.92 Å². The van der Waals surface area contributed by atoms with Crippen molar-refractivity contribution < 1.29 is 17.9 Å². The van der Waals surface area contributed by atoms with Crippen molar-refractivity contribution in [3.63, 3.8) is 0 Å². The molecular formula is C34H38F3N5OS. The van der Waals surface area contributed by atoms with Gasteiger partial charge in [0.15, 0.2) is 0 Å². The summed E-state index contributed by atoms with van der Waals surface area (Å²) in [6, 6.07) is 25.0. The van der Waals surface area contributed by atoms with Gasteiger partial charge in [-0.25, -0.2) is 4.99 Å². The van der Waals surface area contributed by atoms with Crippen molar-refractivity contribution in [1.29, 1.82) is 0 Å². The van der Waals surface area contributed by atoms with Gasteiger partial charge < -0.3 is 25.2 Å². The second-order valence-electron chi connectivity index (χ2n) is 10.9. The quantitative estimate of drug-likeness (QED) is 0.230. The number of halogens is 3. The molecule has 6 rings (SSSR count). The number of hydrogen-bond donors (Lipinski definition) is 2. The van der Waals surface area contributed by atoms with Crippen molar-refractivity contribution >= 4 is 33.5 Å². The molecule has 0 amide bonds. The molecule has 3 aromatic carbocycles. The minimum absolute atomic E-state index is 0.203. The number of alkyl halides is 3. The molecule has 44 heavy (non-hydrogen) atoms. The maximum absolute atomic E-state index is 12.6. The normalized spacial score (nSPS) is 15.5. The van der Waals surface area contributed by atoms with Crippen LogP contribution < -0.4 is 15.4 Å². The maximum atomic E-state index is 12.6. The number of benzene rings is 3. The van der Waals surface area contributed by atoms with E-state index in [9.17, 15) is 13.2 Å². The molecule has 0 aliphatic carbocycles. The molecule has 1 aromatic heterocycles. The Morgan fingerprint density at radius 3 is 2.32 bits per heavy atom. The lowest BCUT2D eigenvalue weighted by Crippen LogP contribution is -2.47. The van der Waals surface area contributed by atoms with Crippen molar-refractivity contribution in [3.8, 4) is 5.75 Å². The second kappa shape index (κ2) is 14.3. The lowest BCUT2D eigenvalue weighted by atomic mass is 10.1. The van der Waals surface area contributed by atoms with Crippen LogP contribution in [0.15, 0.2) is 89.9 Å². The zero-order valence-corrected chi connectivity index (χ0v) is 26.0. The number of thiophene rings is 1. The van der Waals surface area contributed by atoms with Crippen molar-refractivity contribution in [2.24, 2.45) is 4.99 Å². The Kier molecular flexibility index (Phi) is 10.2. The molecule has 4 aromatic rings. The van der Waals surface area contributed by atoms with E-state index in [0.29, 0.717) is 5.75 Å². The Bertz CT molecular complexity index is 1530. The Balaban J connectivity index is 0.000000175. The molecule has 1 atom stereocenters. The van der Waals surface area contributed by atoms with Crippen LogP contribution in [-0.2, 0) is 6.18 Å². The average Bonchev–Trinajstić information content (AvgIpc) is 3.31. The molecule has 0 bridgehead atoms. The lowest BCUT2D eigenvalue weighted by molar-refractivity contribution is -0.137. The molecular weight excluding hydrogens is 583 g/mol. The topological polar surface area (TPSA) is 52.1 Å². The number of likely N-dealkylation sites (N-methyl/N-ethyl adjacent to an activating group) is 1. The first kappa shape index (κ1) is 31.6. The summed E-state index contributed by atoms with van der Waals surface area (Å²) in [5.74, 6) is 1.54. The number of nitrogens with zero attached hydrogens (tertiary/aromatic N) is 3. The van der Waals surface area contributed by atoms with Crippen LogP contribution in [0.3, 0.4) is 0 Å². The standard InChI is InChI=1S/C17H18F3NO.C17H20N4S/c1-21-12-11-16(13-5-3-2-4-6-13)22-15-9-7-14(8-10-15)17(18,19)20;1-12-11-13-16(21-9-7-20(2)8-10-21)18-14-5-3-4-6-15(14)19-17(13)22-12/h2-10,16,21H,11-12H2,1H3;3-6,11,19H,7-10H2,1-2H3. The Morgan fingerprint density at radius 1 is 0.955 bits per heavy atom. The van der Waals surface area contributed by atoms with Crippen LogP contribution in [-0.4, -0.2) is 62.5 Å². The number of ether oxygens (including phenoxy) is 1. The lowest BCUT2D eigenvalue weighted by Gasteiger charge is -2.34. The summed E-state index contributed by atoms with van der Waals surface area (Å²) in [6.45, 7) is 7.16. The fourth-order valence-corrected chi connectivity index (χ4v) is 6.05. The van der Waals surface area contributed by atoms with Gasteiger partial charge in [0.25, 0.3) is 0 Å². The zero-order valence-electron chi connectivity index (χ0n) is 25.2. The molecule has 232 valence electrons. The van der Waals surface area contributed by atoms with E-state index < -0.39 is 11.7 Å². The number of hydrogen-bond acceptors (Lipinski definition) is 7. The van der Waals surface area contributed by atoms with E-state index in [4.69, 9.17) is 9.73 Å². The fourth-order valence-electron chi connectivity index (χ4n) is 5.13. The number of nitrogens with one attached hydrogen (secondary N) is 2. The van der Waals surface area contributed by atoms with E-state index in [1.54, 1.807) is 11.3 Å². The van der Waals surface area contributed by atoms with E-state index in [-0.39, 0.29) is 6.10 Å². The molecule has 10 heteroatoms.